The van der Waals surface area contributed by atoms with Gasteiger partial charge in [-0.1, -0.05) is 39.0 Å². The maximum Gasteiger partial charge on any atom is 0.220 e. The normalized spacial score (nSPS) is 11.3. The lowest BCUT2D eigenvalue weighted by Gasteiger charge is -2.17. The molecule has 0 unspecified atom stereocenters. The maximum absolute atomic E-state index is 11.6. The van der Waals surface area contributed by atoms with E-state index >= 15 is 0 Å². The lowest BCUT2D eigenvalue weighted by molar-refractivity contribution is -0.120. The summed E-state index contributed by atoms with van der Waals surface area (Å²) >= 11 is 3.69. The van der Waals surface area contributed by atoms with Crippen molar-refractivity contribution in [3.63, 3.8) is 0 Å². The van der Waals surface area contributed by atoms with Crippen LogP contribution in [-0.2, 0) is 4.79 Å². The third kappa shape index (κ3) is 9.32. The molecule has 0 saturated heterocycles. The Morgan fingerprint density at radius 3 is 2.50 bits per heavy atom. The quantitative estimate of drug-likeness (QED) is 0.576. The molecule has 1 rings (SSSR count). The molecule has 20 heavy (non-hydrogen) atoms. The van der Waals surface area contributed by atoms with E-state index in [0.717, 1.165) is 24.5 Å². The summed E-state index contributed by atoms with van der Waals surface area (Å²) in [5, 5.41) is 2.98. The van der Waals surface area contributed by atoms with Crippen LogP contribution in [0, 0.1) is 0 Å². The van der Waals surface area contributed by atoms with Crippen LogP contribution in [-0.4, -0.2) is 28.7 Å². The van der Waals surface area contributed by atoms with Crippen LogP contribution in [0.25, 0.3) is 0 Å². The van der Waals surface area contributed by atoms with Crippen molar-refractivity contribution in [3.8, 4) is 0 Å². The van der Waals surface area contributed by atoms with Crippen LogP contribution in [0.4, 0.5) is 0 Å². The molecule has 1 N–H and O–H groups in total. The molecule has 0 heterocycles. The number of benzene rings is 1. The van der Waals surface area contributed by atoms with Crippen LogP contribution >= 0.6 is 23.5 Å². The van der Waals surface area contributed by atoms with E-state index in [1.54, 1.807) is 0 Å². The highest BCUT2D eigenvalue weighted by atomic mass is 32.2. The van der Waals surface area contributed by atoms with E-state index < -0.39 is 0 Å². The Morgan fingerprint density at radius 1 is 1.15 bits per heavy atom. The van der Waals surface area contributed by atoms with Crippen molar-refractivity contribution >= 4 is 29.4 Å². The fourth-order valence-electron chi connectivity index (χ4n) is 1.58. The standard InChI is InChI=1S/C16H25NOS2/c1-16(2,3)20-13-11-17-15(18)10-7-12-19-14-8-5-4-6-9-14/h4-6,8-9H,7,10-13H2,1-3H3,(H,17,18). The van der Waals surface area contributed by atoms with Gasteiger partial charge in [-0.25, -0.2) is 0 Å². The van der Waals surface area contributed by atoms with Gasteiger partial charge in [0.05, 0.1) is 0 Å². The molecule has 1 aromatic rings. The van der Waals surface area contributed by atoms with Crippen molar-refractivity contribution in [2.45, 2.75) is 43.3 Å². The number of hydrogen-bond acceptors (Lipinski definition) is 3. The second-order valence-corrected chi connectivity index (χ2v) is 8.67. The zero-order valence-corrected chi connectivity index (χ0v) is 14.3. The number of nitrogens with one attached hydrogen (secondary N) is 1. The van der Waals surface area contributed by atoms with Gasteiger partial charge in [0, 0.05) is 28.4 Å². The Bertz CT molecular complexity index is 387. The van der Waals surface area contributed by atoms with E-state index in [1.165, 1.54) is 4.90 Å². The number of thioether (sulfide) groups is 2. The van der Waals surface area contributed by atoms with Gasteiger partial charge in [-0.15, -0.1) is 11.8 Å². The summed E-state index contributed by atoms with van der Waals surface area (Å²) in [7, 11) is 0. The first kappa shape index (κ1) is 17.4. The van der Waals surface area contributed by atoms with Crippen molar-refractivity contribution < 1.29 is 4.79 Å². The predicted molar refractivity (Wildman–Crippen MR) is 91.6 cm³/mol. The van der Waals surface area contributed by atoms with Gasteiger partial charge < -0.3 is 5.32 Å². The van der Waals surface area contributed by atoms with Crippen LogP contribution in [0.2, 0.25) is 0 Å². The van der Waals surface area contributed by atoms with Gasteiger partial charge in [0.15, 0.2) is 0 Å². The minimum absolute atomic E-state index is 0.174. The molecule has 0 aliphatic rings. The molecule has 4 heteroatoms. The average molecular weight is 312 g/mol. The topological polar surface area (TPSA) is 29.1 Å². The molecule has 0 bridgehead atoms. The fraction of sp³-hybridized carbons (Fsp3) is 0.562. The molecule has 1 aromatic carbocycles. The smallest absolute Gasteiger partial charge is 0.220 e. The molecule has 0 aliphatic carbocycles. The Balaban J connectivity index is 2.00. The minimum atomic E-state index is 0.174. The van der Waals surface area contributed by atoms with E-state index in [4.69, 9.17) is 0 Å². The zero-order chi connectivity index (χ0) is 14.8. The lowest BCUT2D eigenvalue weighted by atomic mass is 10.3. The van der Waals surface area contributed by atoms with Gasteiger partial charge in [-0.3, -0.25) is 4.79 Å². The molecule has 2 nitrogen and oxygen atoms in total. The first-order valence-corrected chi connectivity index (χ1v) is 9.03. The molecule has 0 atom stereocenters. The molecule has 1 amide bonds. The number of rotatable bonds is 8. The first-order chi connectivity index (χ1) is 9.47. The maximum atomic E-state index is 11.6. The minimum Gasteiger partial charge on any atom is -0.355 e. The van der Waals surface area contributed by atoms with E-state index in [2.05, 4.69) is 38.2 Å². The molecule has 0 aliphatic heterocycles. The zero-order valence-electron chi connectivity index (χ0n) is 12.6. The van der Waals surface area contributed by atoms with E-state index in [1.807, 2.05) is 41.7 Å². The summed E-state index contributed by atoms with van der Waals surface area (Å²) in [5.74, 6) is 2.15. The summed E-state index contributed by atoms with van der Waals surface area (Å²) in [4.78, 5) is 12.9. The number of carbonyl (C=O) groups excluding carboxylic acids is 1. The second-order valence-electron chi connectivity index (χ2n) is 5.58. The molecule has 112 valence electrons. The first-order valence-electron chi connectivity index (χ1n) is 7.06. The van der Waals surface area contributed by atoms with Gasteiger partial charge >= 0.3 is 0 Å². The van der Waals surface area contributed by atoms with E-state index in [0.29, 0.717) is 6.42 Å². The highest BCUT2D eigenvalue weighted by Crippen LogP contribution is 2.22. The molecule has 0 aromatic heterocycles. The monoisotopic (exact) mass is 311 g/mol. The van der Waals surface area contributed by atoms with Crippen LogP contribution in [0.15, 0.2) is 35.2 Å². The van der Waals surface area contributed by atoms with Crippen molar-refractivity contribution in [1.29, 1.82) is 0 Å². The summed E-state index contributed by atoms with van der Waals surface area (Å²) in [6.07, 6.45) is 1.55. The Kier molecular flexibility index (Phi) is 8.15. The SMILES string of the molecule is CC(C)(C)SCCNC(=O)CCCSc1ccccc1. The van der Waals surface area contributed by atoms with Crippen LogP contribution < -0.4 is 5.32 Å². The van der Waals surface area contributed by atoms with Gasteiger partial charge in [0.2, 0.25) is 5.91 Å². The Morgan fingerprint density at radius 2 is 1.85 bits per heavy atom. The number of hydrogen-bond donors (Lipinski definition) is 1. The molecule has 0 fully saturated rings. The van der Waals surface area contributed by atoms with Gasteiger partial charge in [0.25, 0.3) is 0 Å². The van der Waals surface area contributed by atoms with Crippen LogP contribution in [0.1, 0.15) is 33.6 Å². The summed E-state index contributed by atoms with van der Waals surface area (Å²) in [6.45, 7) is 7.35. The average Bonchev–Trinajstić information content (AvgIpc) is 2.40. The predicted octanol–water partition coefficient (Wildman–Crippen LogP) is 4.21. The summed E-state index contributed by atoms with van der Waals surface area (Å²) in [6, 6.07) is 10.3. The van der Waals surface area contributed by atoms with E-state index in [-0.39, 0.29) is 10.7 Å². The van der Waals surface area contributed by atoms with E-state index in [9.17, 15) is 4.79 Å². The second kappa shape index (κ2) is 9.35. The van der Waals surface area contributed by atoms with Gasteiger partial charge in [-0.2, -0.15) is 11.8 Å². The Labute approximate surface area is 131 Å². The van der Waals surface area contributed by atoms with Crippen LogP contribution in [0.3, 0.4) is 0 Å². The molecular weight excluding hydrogens is 286 g/mol. The highest BCUT2D eigenvalue weighted by Gasteiger charge is 2.09. The molecular formula is C16H25NOS2. The lowest BCUT2D eigenvalue weighted by Crippen LogP contribution is -2.26. The fourth-order valence-corrected chi connectivity index (χ4v) is 3.27. The summed E-state index contributed by atoms with van der Waals surface area (Å²) in [5.41, 5.74) is 0. The van der Waals surface area contributed by atoms with Crippen molar-refractivity contribution in [1.82, 2.24) is 5.32 Å². The third-order valence-electron chi connectivity index (χ3n) is 2.52. The molecule has 0 saturated carbocycles. The largest absolute Gasteiger partial charge is 0.355 e. The third-order valence-corrected chi connectivity index (χ3v) is 4.89. The van der Waals surface area contributed by atoms with Gasteiger partial charge in [-0.05, 0) is 24.3 Å². The summed E-state index contributed by atoms with van der Waals surface area (Å²) < 4.78 is 0.275. The highest BCUT2D eigenvalue weighted by molar-refractivity contribution is 8.00. The van der Waals surface area contributed by atoms with Crippen molar-refractivity contribution in [2.75, 3.05) is 18.1 Å². The molecule has 0 spiro atoms. The van der Waals surface area contributed by atoms with Gasteiger partial charge in [0.1, 0.15) is 0 Å². The van der Waals surface area contributed by atoms with Crippen LogP contribution in [0.5, 0.6) is 0 Å². The number of amides is 1. The Hall–Kier alpha value is -0.610. The van der Waals surface area contributed by atoms with Crippen molar-refractivity contribution in [3.05, 3.63) is 30.3 Å². The number of carbonyl (C=O) groups is 1. The van der Waals surface area contributed by atoms with Crippen molar-refractivity contribution in [2.24, 2.45) is 0 Å². The molecule has 0 radical (unpaired) electrons.